The van der Waals surface area contributed by atoms with E-state index in [9.17, 15) is 8.42 Å². The molecule has 0 aliphatic carbocycles. The third kappa shape index (κ3) is 2.95. The quantitative estimate of drug-likeness (QED) is 0.601. The third-order valence-corrected chi connectivity index (χ3v) is 5.33. The molecule has 0 spiro atoms. The highest BCUT2D eigenvalue weighted by atomic mass is 32.2. The first-order valence-electron chi connectivity index (χ1n) is 7.98. The van der Waals surface area contributed by atoms with Gasteiger partial charge in [0.25, 0.3) is 10.0 Å². The fraction of sp³-hybridized carbons (Fsp3) is 0.111. The Labute approximate surface area is 151 Å². The second-order valence-electron chi connectivity index (χ2n) is 6.11. The molecule has 0 aliphatic rings. The minimum Gasteiger partial charge on any atom is -0.339 e. The molecule has 3 heterocycles. The van der Waals surface area contributed by atoms with Crippen molar-refractivity contribution in [1.82, 2.24) is 18.9 Å². The molecular formula is C18H17N5O2S. The van der Waals surface area contributed by atoms with Crippen molar-refractivity contribution in [2.45, 2.75) is 11.9 Å². The van der Waals surface area contributed by atoms with Crippen molar-refractivity contribution in [2.75, 3.05) is 4.72 Å². The highest BCUT2D eigenvalue weighted by Crippen LogP contribution is 2.23. The van der Waals surface area contributed by atoms with Crippen molar-refractivity contribution in [1.29, 1.82) is 0 Å². The Kier molecular flexibility index (Phi) is 3.77. The summed E-state index contributed by atoms with van der Waals surface area (Å²) in [4.78, 5) is 8.53. The van der Waals surface area contributed by atoms with Crippen molar-refractivity contribution in [3.63, 3.8) is 0 Å². The van der Waals surface area contributed by atoms with E-state index in [2.05, 4.69) is 14.7 Å². The van der Waals surface area contributed by atoms with Gasteiger partial charge in [-0.3, -0.25) is 4.72 Å². The van der Waals surface area contributed by atoms with Crippen molar-refractivity contribution in [3.8, 4) is 11.3 Å². The number of aryl methyl sites for hydroxylation is 2. The van der Waals surface area contributed by atoms with Gasteiger partial charge in [0.05, 0.1) is 12.0 Å². The zero-order valence-electron chi connectivity index (χ0n) is 14.3. The molecule has 0 unspecified atom stereocenters. The number of imidazole rings is 2. The van der Waals surface area contributed by atoms with Crippen molar-refractivity contribution < 1.29 is 8.42 Å². The van der Waals surface area contributed by atoms with Crippen LogP contribution in [0.5, 0.6) is 0 Å². The van der Waals surface area contributed by atoms with E-state index in [0.717, 1.165) is 22.5 Å². The van der Waals surface area contributed by atoms with Gasteiger partial charge in [-0.1, -0.05) is 18.2 Å². The summed E-state index contributed by atoms with van der Waals surface area (Å²) >= 11 is 0. The first-order valence-corrected chi connectivity index (χ1v) is 9.46. The Morgan fingerprint density at radius 1 is 1.08 bits per heavy atom. The zero-order valence-corrected chi connectivity index (χ0v) is 15.1. The third-order valence-electron chi connectivity index (χ3n) is 4.07. The average molecular weight is 367 g/mol. The van der Waals surface area contributed by atoms with Crippen LogP contribution in [-0.4, -0.2) is 27.4 Å². The van der Waals surface area contributed by atoms with Gasteiger partial charge in [0, 0.05) is 36.9 Å². The fourth-order valence-electron chi connectivity index (χ4n) is 2.74. The molecule has 0 radical (unpaired) electrons. The molecule has 3 aromatic heterocycles. The fourth-order valence-corrected chi connectivity index (χ4v) is 3.78. The summed E-state index contributed by atoms with van der Waals surface area (Å²) in [6, 6.07) is 11.1. The Bertz CT molecular complexity index is 1190. The van der Waals surface area contributed by atoms with Crippen LogP contribution in [0.15, 0.2) is 66.3 Å². The molecule has 0 bridgehead atoms. The van der Waals surface area contributed by atoms with E-state index in [-0.39, 0.29) is 5.03 Å². The van der Waals surface area contributed by atoms with Crippen LogP contribution in [0.2, 0.25) is 0 Å². The van der Waals surface area contributed by atoms with E-state index in [4.69, 9.17) is 0 Å². The normalized spacial score (nSPS) is 11.8. The Hall–Kier alpha value is -3.13. The number of nitrogens with one attached hydrogen (secondary N) is 1. The SMILES string of the molecule is Cc1cccn2cc(-c3ccc(NS(=O)(=O)c4cn(C)cn4)cc3)nc12. The molecular weight excluding hydrogens is 350 g/mol. The largest absolute Gasteiger partial charge is 0.339 e. The van der Waals surface area contributed by atoms with E-state index in [1.165, 1.54) is 12.5 Å². The number of hydrogen-bond acceptors (Lipinski definition) is 4. The number of aromatic nitrogens is 4. The molecule has 0 fully saturated rings. The van der Waals surface area contributed by atoms with E-state index in [1.54, 1.807) is 23.7 Å². The standard InChI is InChI=1S/C18H17N5O2S/c1-13-4-3-9-23-10-16(20-18(13)23)14-5-7-15(8-6-14)21-26(24,25)17-11-22(2)12-19-17/h3-12,21H,1-2H3. The number of anilines is 1. The van der Waals surface area contributed by atoms with E-state index >= 15 is 0 Å². The van der Waals surface area contributed by atoms with Crippen LogP contribution in [-0.2, 0) is 17.1 Å². The predicted octanol–water partition coefficient (Wildman–Crippen LogP) is 2.84. The highest BCUT2D eigenvalue weighted by molar-refractivity contribution is 7.92. The Morgan fingerprint density at radius 3 is 2.50 bits per heavy atom. The molecule has 132 valence electrons. The van der Waals surface area contributed by atoms with E-state index < -0.39 is 10.0 Å². The summed E-state index contributed by atoms with van der Waals surface area (Å²) in [5.41, 5.74) is 4.22. The predicted molar refractivity (Wildman–Crippen MR) is 99.4 cm³/mol. The number of rotatable bonds is 4. The van der Waals surface area contributed by atoms with Crippen LogP contribution in [0.3, 0.4) is 0 Å². The van der Waals surface area contributed by atoms with Gasteiger partial charge in [-0.15, -0.1) is 0 Å². The average Bonchev–Trinajstić information content (AvgIpc) is 3.23. The number of nitrogens with zero attached hydrogens (tertiary/aromatic N) is 4. The lowest BCUT2D eigenvalue weighted by atomic mass is 10.1. The van der Waals surface area contributed by atoms with Crippen molar-refractivity contribution >= 4 is 21.4 Å². The van der Waals surface area contributed by atoms with Crippen LogP contribution in [0.25, 0.3) is 16.9 Å². The second-order valence-corrected chi connectivity index (χ2v) is 7.74. The minimum atomic E-state index is -3.70. The number of hydrogen-bond donors (Lipinski definition) is 1. The zero-order chi connectivity index (χ0) is 18.3. The monoisotopic (exact) mass is 367 g/mol. The maximum Gasteiger partial charge on any atom is 0.280 e. The van der Waals surface area contributed by atoms with Gasteiger partial charge in [0.15, 0.2) is 5.03 Å². The molecule has 1 N–H and O–H groups in total. The molecule has 26 heavy (non-hydrogen) atoms. The topological polar surface area (TPSA) is 81.3 Å². The van der Waals surface area contributed by atoms with E-state index in [0.29, 0.717) is 5.69 Å². The number of sulfonamides is 1. The minimum absolute atomic E-state index is 0.0140. The van der Waals surface area contributed by atoms with Crippen LogP contribution in [0.1, 0.15) is 5.56 Å². The van der Waals surface area contributed by atoms with Crippen LogP contribution in [0.4, 0.5) is 5.69 Å². The molecule has 8 heteroatoms. The first-order chi connectivity index (χ1) is 12.4. The van der Waals surface area contributed by atoms with E-state index in [1.807, 2.05) is 48.0 Å². The summed E-state index contributed by atoms with van der Waals surface area (Å²) in [5, 5.41) is -0.0140. The van der Waals surface area contributed by atoms with Crippen LogP contribution < -0.4 is 4.72 Å². The molecule has 0 saturated carbocycles. The second kappa shape index (κ2) is 5.99. The van der Waals surface area contributed by atoms with Crippen molar-refractivity contribution in [3.05, 3.63) is 66.9 Å². The molecule has 4 aromatic rings. The van der Waals surface area contributed by atoms with Crippen LogP contribution >= 0.6 is 0 Å². The summed E-state index contributed by atoms with van der Waals surface area (Å²) in [7, 11) is -1.98. The first kappa shape index (κ1) is 16.3. The van der Waals surface area contributed by atoms with Gasteiger partial charge < -0.3 is 8.97 Å². The van der Waals surface area contributed by atoms with Crippen molar-refractivity contribution in [2.24, 2.45) is 7.05 Å². The molecule has 0 atom stereocenters. The lowest BCUT2D eigenvalue weighted by molar-refractivity contribution is 0.598. The molecule has 0 aliphatic heterocycles. The lowest BCUT2D eigenvalue weighted by Crippen LogP contribution is -2.13. The molecule has 0 amide bonds. The highest BCUT2D eigenvalue weighted by Gasteiger charge is 2.17. The lowest BCUT2D eigenvalue weighted by Gasteiger charge is -2.06. The van der Waals surface area contributed by atoms with Gasteiger partial charge in [0.2, 0.25) is 0 Å². The van der Waals surface area contributed by atoms with Gasteiger partial charge in [-0.25, -0.2) is 9.97 Å². The number of benzene rings is 1. The molecule has 7 nitrogen and oxygen atoms in total. The summed E-state index contributed by atoms with van der Waals surface area (Å²) in [6.45, 7) is 2.02. The summed E-state index contributed by atoms with van der Waals surface area (Å²) < 4.78 is 30.7. The Morgan fingerprint density at radius 2 is 1.85 bits per heavy atom. The summed E-state index contributed by atoms with van der Waals surface area (Å²) in [5.74, 6) is 0. The number of pyridine rings is 1. The molecule has 4 rings (SSSR count). The van der Waals surface area contributed by atoms with Gasteiger partial charge in [0.1, 0.15) is 5.65 Å². The van der Waals surface area contributed by atoms with Gasteiger partial charge in [-0.05, 0) is 30.7 Å². The summed E-state index contributed by atoms with van der Waals surface area (Å²) in [6.07, 6.45) is 6.81. The Balaban J connectivity index is 1.61. The molecule has 0 saturated heterocycles. The van der Waals surface area contributed by atoms with Crippen LogP contribution in [0, 0.1) is 6.92 Å². The maximum absolute atomic E-state index is 12.3. The molecule has 1 aromatic carbocycles. The van der Waals surface area contributed by atoms with Gasteiger partial charge >= 0.3 is 0 Å². The number of fused-ring (bicyclic) bond motifs is 1. The smallest absolute Gasteiger partial charge is 0.280 e. The maximum atomic E-state index is 12.3. The van der Waals surface area contributed by atoms with Gasteiger partial charge in [-0.2, -0.15) is 8.42 Å².